The second-order valence-corrected chi connectivity index (χ2v) is 3.46. The average Bonchev–Trinajstić information content (AvgIpc) is 2.19. The zero-order chi connectivity index (χ0) is 11.7. The van der Waals surface area contributed by atoms with Crippen LogP contribution in [-0.2, 0) is 0 Å². The minimum Gasteiger partial charge on any atom is -0.398 e. The number of nitrogens with two attached hydrogens (primary N) is 2. The molecule has 0 fully saturated rings. The minimum absolute atomic E-state index is 0. The third kappa shape index (κ3) is 2.65. The van der Waals surface area contributed by atoms with Gasteiger partial charge in [-0.25, -0.2) is 8.78 Å². The molecule has 0 spiro atoms. The van der Waals surface area contributed by atoms with Gasteiger partial charge in [0, 0.05) is 22.5 Å². The summed E-state index contributed by atoms with van der Waals surface area (Å²) in [6, 6.07) is 8.03. The summed E-state index contributed by atoms with van der Waals surface area (Å²) >= 11 is 0. The van der Waals surface area contributed by atoms with E-state index < -0.39 is 11.6 Å². The molecule has 5 heteroatoms. The van der Waals surface area contributed by atoms with Gasteiger partial charge in [0.05, 0.1) is 0 Å². The molecule has 0 aliphatic carbocycles. The van der Waals surface area contributed by atoms with Crippen molar-refractivity contribution >= 4 is 23.8 Å². The van der Waals surface area contributed by atoms with E-state index in [2.05, 4.69) is 0 Å². The molecule has 0 bridgehead atoms. The molecule has 0 saturated carbocycles. The van der Waals surface area contributed by atoms with Gasteiger partial charge in [0.2, 0.25) is 0 Å². The maximum atomic E-state index is 12.9. The molecule has 0 radical (unpaired) electrons. The Bertz CT molecular complexity index is 495. The molecule has 17 heavy (non-hydrogen) atoms. The van der Waals surface area contributed by atoms with Crippen LogP contribution in [0.3, 0.4) is 0 Å². The lowest BCUT2D eigenvalue weighted by molar-refractivity contribution is 0.627. The molecule has 0 heterocycles. The highest BCUT2D eigenvalue weighted by Gasteiger charge is 2.07. The molecule has 4 N–H and O–H groups in total. The van der Waals surface area contributed by atoms with E-state index >= 15 is 0 Å². The highest BCUT2D eigenvalue weighted by atomic mass is 35.5. The Balaban J connectivity index is 0.00000144. The van der Waals surface area contributed by atoms with Gasteiger partial charge in [-0.1, -0.05) is 0 Å². The lowest BCUT2D eigenvalue weighted by atomic mass is 10.0. The van der Waals surface area contributed by atoms with Crippen LogP contribution in [0.25, 0.3) is 11.1 Å². The smallest absolute Gasteiger partial charge is 0.125 e. The number of benzene rings is 2. The Kier molecular flexibility index (Phi) is 3.91. The van der Waals surface area contributed by atoms with Crippen molar-refractivity contribution in [2.45, 2.75) is 0 Å². The Labute approximate surface area is 104 Å². The largest absolute Gasteiger partial charge is 0.398 e. The quantitative estimate of drug-likeness (QED) is 0.770. The van der Waals surface area contributed by atoms with E-state index in [1.807, 2.05) is 0 Å². The predicted molar refractivity (Wildman–Crippen MR) is 67.9 cm³/mol. The van der Waals surface area contributed by atoms with Crippen molar-refractivity contribution in [3.63, 3.8) is 0 Å². The molecule has 2 rings (SSSR count). The van der Waals surface area contributed by atoms with E-state index in [1.54, 1.807) is 0 Å². The highest BCUT2D eigenvalue weighted by Crippen LogP contribution is 2.31. The van der Waals surface area contributed by atoms with Crippen molar-refractivity contribution in [1.82, 2.24) is 0 Å². The van der Waals surface area contributed by atoms with Gasteiger partial charge in [0.1, 0.15) is 11.6 Å². The van der Waals surface area contributed by atoms with Crippen molar-refractivity contribution in [3.05, 3.63) is 48.0 Å². The van der Waals surface area contributed by atoms with Gasteiger partial charge in [-0.15, -0.1) is 12.4 Å². The van der Waals surface area contributed by atoms with Gasteiger partial charge in [-0.3, -0.25) is 0 Å². The summed E-state index contributed by atoms with van der Waals surface area (Å²) in [5, 5.41) is 0. The first-order valence-electron chi connectivity index (χ1n) is 4.68. The van der Waals surface area contributed by atoms with Crippen molar-refractivity contribution in [2.24, 2.45) is 0 Å². The molecule has 0 amide bonds. The Morgan fingerprint density at radius 3 is 1.35 bits per heavy atom. The van der Waals surface area contributed by atoms with Gasteiger partial charge in [-0.2, -0.15) is 0 Å². The molecular weight excluding hydrogens is 246 g/mol. The third-order valence-electron chi connectivity index (χ3n) is 2.32. The normalized spacial score (nSPS) is 9.76. The van der Waals surface area contributed by atoms with Gasteiger partial charge < -0.3 is 11.5 Å². The lowest BCUT2D eigenvalue weighted by Crippen LogP contribution is -1.95. The van der Waals surface area contributed by atoms with Crippen LogP contribution >= 0.6 is 12.4 Å². The Hall–Kier alpha value is -1.81. The molecule has 2 aromatic rings. The summed E-state index contributed by atoms with van der Waals surface area (Å²) in [5.74, 6) is -0.830. The van der Waals surface area contributed by atoms with Crippen LogP contribution in [-0.4, -0.2) is 0 Å². The summed E-state index contributed by atoms with van der Waals surface area (Å²) in [5.41, 5.74) is 13.1. The molecule has 0 unspecified atom stereocenters. The predicted octanol–water partition coefficient (Wildman–Crippen LogP) is 3.22. The maximum absolute atomic E-state index is 12.9. The van der Waals surface area contributed by atoms with Gasteiger partial charge >= 0.3 is 0 Å². The van der Waals surface area contributed by atoms with Gasteiger partial charge in [0.15, 0.2) is 0 Å². The summed E-state index contributed by atoms with van der Waals surface area (Å²) in [4.78, 5) is 0. The van der Waals surface area contributed by atoms with E-state index in [1.165, 1.54) is 36.4 Å². The van der Waals surface area contributed by atoms with Crippen molar-refractivity contribution in [1.29, 1.82) is 0 Å². The van der Waals surface area contributed by atoms with Gasteiger partial charge in [0.25, 0.3) is 0 Å². The first kappa shape index (κ1) is 13.3. The molecule has 2 nitrogen and oxygen atoms in total. The van der Waals surface area contributed by atoms with Crippen LogP contribution in [0.1, 0.15) is 0 Å². The van der Waals surface area contributed by atoms with E-state index in [0.29, 0.717) is 11.1 Å². The van der Waals surface area contributed by atoms with Crippen LogP contribution < -0.4 is 11.5 Å². The van der Waals surface area contributed by atoms with Crippen molar-refractivity contribution in [2.75, 3.05) is 11.5 Å². The number of anilines is 2. The van der Waals surface area contributed by atoms with Gasteiger partial charge in [-0.05, 0) is 36.4 Å². The molecule has 0 aliphatic heterocycles. The van der Waals surface area contributed by atoms with E-state index in [4.69, 9.17) is 11.5 Å². The molecular formula is C12H11ClF2N2. The Morgan fingerprint density at radius 2 is 1.06 bits per heavy atom. The fraction of sp³-hybridized carbons (Fsp3) is 0. The SMILES string of the molecule is Cl.Nc1cc(F)ccc1-c1ccc(F)cc1N. The first-order chi connectivity index (χ1) is 7.58. The fourth-order valence-corrected chi connectivity index (χ4v) is 1.56. The fourth-order valence-electron chi connectivity index (χ4n) is 1.56. The van der Waals surface area contributed by atoms with E-state index in [-0.39, 0.29) is 23.8 Å². The summed E-state index contributed by atoms with van der Waals surface area (Å²) < 4.78 is 25.7. The molecule has 0 atom stereocenters. The number of nitrogen functional groups attached to an aromatic ring is 2. The van der Waals surface area contributed by atoms with E-state index in [0.717, 1.165) is 0 Å². The van der Waals surface area contributed by atoms with Crippen molar-refractivity contribution in [3.8, 4) is 11.1 Å². The molecule has 0 saturated heterocycles. The zero-order valence-corrected chi connectivity index (χ0v) is 9.60. The van der Waals surface area contributed by atoms with Crippen LogP contribution in [0, 0.1) is 11.6 Å². The molecule has 0 aromatic heterocycles. The molecule has 0 aliphatic rings. The first-order valence-corrected chi connectivity index (χ1v) is 4.68. The van der Waals surface area contributed by atoms with Crippen LogP contribution in [0.4, 0.5) is 20.2 Å². The number of hydrogen-bond donors (Lipinski definition) is 2. The minimum atomic E-state index is -0.415. The van der Waals surface area contributed by atoms with E-state index in [9.17, 15) is 8.78 Å². The summed E-state index contributed by atoms with van der Waals surface area (Å²) in [7, 11) is 0. The van der Waals surface area contributed by atoms with Crippen LogP contribution in [0.5, 0.6) is 0 Å². The number of rotatable bonds is 1. The maximum Gasteiger partial charge on any atom is 0.125 e. The zero-order valence-electron chi connectivity index (χ0n) is 8.78. The van der Waals surface area contributed by atoms with Crippen molar-refractivity contribution < 1.29 is 8.78 Å². The summed E-state index contributed by atoms with van der Waals surface area (Å²) in [6.45, 7) is 0. The van der Waals surface area contributed by atoms with Crippen LogP contribution in [0.15, 0.2) is 36.4 Å². The molecule has 2 aromatic carbocycles. The standard InChI is InChI=1S/C12H10F2N2.ClH/c13-7-1-3-9(11(15)5-7)10-4-2-8(14)6-12(10)16;/h1-6H,15-16H2;1H. The third-order valence-corrected chi connectivity index (χ3v) is 2.32. The lowest BCUT2D eigenvalue weighted by Gasteiger charge is -2.08. The number of hydrogen-bond acceptors (Lipinski definition) is 2. The monoisotopic (exact) mass is 256 g/mol. The second-order valence-electron chi connectivity index (χ2n) is 3.46. The molecule has 90 valence electrons. The average molecular weight is 257 g/mol. The second kappa shape index (κ2) is 5.01. The summed E-state index contributed by atoms with van der Waals surface area (Å²) in [6.07, 6.45) is 0. The highest BCUT2D eigenvalue weighted by molar-refractivity contribution is 5.85. The Morgan fingerprint density at radius 1 is 0.706 bits per heavy atom. The van der Waals surface area contributed by atoms with Crippen LogP contribution in [0.2, 0.25) is 0 Å². The topological polar surface area (TPSA) is 52.0 Å². The number of halogens is 3.